The van der Waals surface area contributed by atoms with Gasteiger partial charge in [-0.1, -0.05) is 0 Å². The Kier molecular flexibility index (Phi) is 8.68. The largest absolute Gasteiger partial charge is 0.481 e. The van der Waals surface area contributed by atoms with Crippen LogP contribution in [0.1, 0.15) is 12.8 Å². The second-order valence-corrected chi connectivity index (χ2v) is 4.14. The van der Waals surface area contributed by atoms with Crippen molar-refractivity contribution in [2.75, 3.05) is 33.2 Å². The first-order chi connectivity index (χ1) is 9.31. The second kappa shape index (κ2) is 9.73. The maximum atomic E-state index is 11.0. The molecule has 0 atom stereocenters. The van der Waals surface area contributed by atoms with E-state index in [1.54, 1.807) is 7.05 Å². The number of carbonyl (C=O) groups excluding carboxylic acids is 2. The average molecular weight is 289 g/mol. The first-order valence-electron chi connectivity index (χ1n) is 5.96. The molecule has 0 bridgehead atoms. The second-order valence-electron chi connectivity index (χ2n) is 4.14. The van der Waals surface area contributed by atoms with Crippen LogP contribution >= 0.6 is 0 Å². The van der Waals surface area contributed by atoms with Gasteiger partial charge in [0.1, 0.15) is 12.8 Å². The van der Waals surface area contributed by atoms with Crippen molar-refractivity contribution in [3.8, 4) is 0 Å². The lowest BCUT2D eigenvalue weighted by molar-refractivity contribution is -0.142. The van der Waals surface area contributed by atoms with Gasteiger partial charge in [0.05, 0.1) is 0 Å². The van der Waals surface area contributed by atoms with Gasteiger partial charge in [0.2, 0.25) is 11.8 Å². The van der Waals surface area contributed by atoms with E-state index < -0.39 is 36.6 Å². The highest BCUT2D eigenvalue weighted by Crippen LogP contribution is 1.83. The molecule has 0 aromatic heterocycles. The van der Waals surface area contributed by atoms with Gasteiger partial charge in [0.15, 0.2) is 0 Å². The van der Waals surface area contributed by atoms with Crippen molar-refractivity contribution in [2.45, 2.75) is 12.8 Å². The van der Waals surface area contributed by atoms with Gasteiger partial charge in [-0.2, -0.15) is 0 Å². The van der Waals surface area contributed by atoms with Crippen LogP contribution in [0.5, 0.6) is 0 Å². The summed E-state index contributed by atoms with van der Waals surface area (Å²) in [5, 5.41) is 21.6. The van der Waals surface area contributed by atoms with Crippen molar-refractivity contribution < 1.29 is 29.4 Å². The number of aliphatic carboxylic acids is 2. The zero-order chi connectivity index (χ0) is 15.5. The van der Waals surface area contributed by atoms with Crippen LogP contribution < -0.4 is 10.6 Å². The van der Waals surface area contributed by atoms with E-state index in [9.17, 15) is 19.2 Å². The van der Waals surface area contributed by atoms with E-state index in [2.05, 4.69) is 10.6 Å². The summed E-state index contributed by atoms with van der Waals surface area (Å²) >= 11 is 0. The van der Waals surface area contributed by atoms with E-state index in [4.69, 9.17) is 10.2 Å². The van der Waals surface area contributed by atoms with Gasteiger partial charge in [-0.3, -0.25) is 19.2 Å². The monoisotopic (exact) mass is 289 g/mol. The summed E-state index contributed by atoms with van der Waals surface area (Å²) in [7, 11) is 1.76. The third-order valence-corrected chi connectivity index (χ3v) is 2.25. The van der Waals surface area contributed by atoms with Crippen LogP contribution in [-0.2, 0) is 19.2 Å². The van der Waals surface area contributed by atoms with E-state index >= 15 is 0 Å². The Bertz CT molecular complexity index is 337. The van der Waals surface area contributed by atoms with Crippen LogP contribution in [0.25, 0.3) is 0 Å². The first-order valence-corrected chi connectivity index (χ1v) is 5.96. The predicted molar refractivity (Wildman–Crippen MR) is 68.0 cm³/mol. The van der Waals surface area contributed by atoms with E-state index in [0.717, 1.165) is 0 Å². The Labute approximate surface area is 115 Å². The number of nitrogens with zero attached hydrogens (tertiary/aromatic N) is 1. The maximum absolute atomic E-state index is 11.0. The van der Waals surface area contributed by atoms with Crippen LogP contribution in [-0.4, -0.2) is 72.1 Å². The molecule has 0 radical (unpaired) electrons. The Morgan fingerprint density at radius 3 is 1.50 bits per heavy atom. The number of nitrogens with one attached hydrogen (secondary N) is 2. The fourth-order valence-electron chi connectivity index (χ4n) is 1.28. The summed E-state index contributed by atoms with van der Waals surface area (Å²) in [4.78, 5) is 44.3. The number of likely N-dealkylation sites (N-methyl/N-ethyl adjacent to an activating group) is 1. The van der Waals surface area contributed by atoms with Crippen LogP contribution in [0, 0.1) is 0 Å². The summed E-state index contributed by atoms with van der Waals surface area (Å²) in [6.07, 6.45) is -1.12. The van der Waals surface area contributed by atoms with E-state index in [1.807, 2.05) is 4.90 Å². The minimum atomic E-state index is -1.18. The maximum Gasteiger partial charge on any atom is 0.312 e. The number of carboxylic acids is 2. The lowest BCUT2D eigenvalue weighted by Gasteiger charge is -2.16. The molecule has 2 amide bonds. The molecule has 0 aliphatic rings. The third-order valence-electron chi connectivity index (χ3n) is 2.25. The smallest absolute Gasteiger partial charge is 0.312 e. The molecule has 0 heterocycles. The number of carbonyl (C=O) groups is 4. The van der Waals surface area contributed by atoms with Gasteiger partial charge in [0, 0.05) is 26.2 Å². The fraction of sp³-hybridized carbons (Fsp3) is 0.636. The molecule has 9 heteroatoms. The average Bonchev–Trinajstić information content (AvgIpc) is 2.26. The normalized spacial score (nSPS) is 10.1. The molecule has 0 aliphatic heterocycles. The van der Waals surface area contributed by atoms with Crippen molar-refractivity contribution >= 4 is 23.8 Å². The quantitative estimate of drug-likeness (QED) is 0.345. The van der Waals surface area contributed by atoms with Crippen molar-refractivity contribution in [2.24, 2.45) is 0 Å². The van der Waals surface area contributed by atoms with Gasteiger partial charge in [-0.15, -0.1) is 0 Å². The van der Waals surface area contributed by atoms with E-state index in [1.165, 1.54) is 0 Å². The molecule has 0 saturated carbocycles. The molecule has 0 aliphatic carbocycles. The number of amides is 2. The van der Waals surface area contributed by atoms with E-state index in [-0.39, 0.29) is 0 Å². The fourth-order valence-corrected chi connectivity index (χ4v) is 1.28. The van der Waals surface area contributed by atoms with Crippen LogP contribution in [0.2, 0.25) is 0 Å². The molecule has 0 spiro atoms. The standard InChI is InChI=1S/C11H19N3O6/c1-14(4-2-12-8(15)6-10(17)18)5-3-13-9(16)7-11(19)20/h2-7H2,1H3,(H,12,15)(H,13,16)(H,17,18)(H,19,20). The summed E-state index contributed by atoms with van der Waals surface area (Å²) in [5.74, 6) is -3.48. The molecular formula is C11H19N3O6. The highest BCUT2D eigenvalue weighted by atomic mass is 16.4. The SMILES string of the molecule is CN(CCNC(=O)CC(=O)O)CCNC(=O)CC(=O)O. The van der Waals surface area contributed by atoms with Gasteiger partial charge < -0.3 is 25.7 Å². The molecule has 0 aromatic rings. The lowest BCUT2D eigenvalue weighted by atomic mass is 10.4. The number of hydrogen-bond donors (Lipinski definition) is 4. The molecule has 0 unspecified atom stereocenters. The molecule has 0 saturated heterocycles. The van der Waals surface area contributed by atoms with Crippen LogP contribution in [0.3, 0.4) is 0 Å². The zero-order valence-electron chi connectivity index (χ0n) is 11.2. The molecular weight excluding hydrogens is 270 g/mol. The summed E-state index contributed by atoms with van der Waals surface area (Å²) < 4.78 is 0. The molecule has 0 rings (SSSR count). The highest BCUT2D eigenvalue weighted by molar-refractivity contribution is 5.93. The Balaban J connectivity index is 3.61. The van der Waals surface area contributed by atoms with Crippen molar-refractivity contribution in [1.29, 1.82) is 0 Å². The van der Waals surface area contributed by atoms with E-state index in [0.29, 0.717) is 26.2 Å². The first kappa shape index (κ1) is 17.8. The summed E-state index contributed by atoms with van der Waals surface area (Å²) in [5.41, 5.74) is 0. The molecule has 20 heavy (non-hydrogen) atoms. The van der Waals surface area contributed by atoms with Gasteiger partial charge in [-0.25, -0.2) is 0 Å². The summed E-state index contributed by atoms with van der Waals surface area (Å²) in [6.45, 7) is 1.57. The molecule has 0 fully saturated rings. The molecule has 4 N–H and O–H groups in total. The van der Waals surface area contributed by atoms with Crippen LogP contribution in [0.15, 0.2) is 0 Å². The van der Waals surface area contributed by atoms with Crippen molar-refractivity contribution in [3.05, 3.63) is 0 Å². The van der Waals surface area contributed by atoms with Crippen LogP contribution in [0.4, 0.5) is 0 Å². The Hall–Kier alpha value is -2.16. The topological polar surface area (TPSA) is 136 Å². The van der Waals surface area contributed by atoms with Crippen molar-refractivity contribution in [3.63, 3.8) is 0 Å². The minimum Gasteiger partial charge on any atom is -0.481 e. The predicted octanol–water partition coefficient (Wildman–Crippen LogP) is -1.90. The van der Waals surface area contributed by atoms with Gasteiger partial charge in [-0.05, 0) is 7.05 Å². The molecule has 0 aromatic carbocycles. The molecule has 9 nitrogen and oxygen atoms in total. The Morgan fingerprint density at radius 2 is 1.20 bits per heavy atom. The summed E-state index contributed by atoms with van der Waals surface area (Å²) in [6, 6.07) is 0. The molecule has 114 valence electrons. The number of hydrogen-bond acceptors (Lipinski definition) is 5. The lowest BCUT2D eigenvalue weighted by Crippen LogP contribution is -2.38. The van der Waals surface area contributed by atoms with Gasteiger partial charge in [0.25, 0.3) is 0 Å². The highest BCUT2D eigenvalue weighted by Gasteiger charge is 2.08. The number of carboxylic acid groups (broad SMARTS) is 2. The zero-order valence-corrected chi connectivity index (χ0v) is 11.2. The Morgan fingerprint density at radius 1 is 0.850 bits per heavy atom. The minimum absolute atomic E-state index is 0.297. The third kappa shape index (κ3) is 11.0. The number of rotatable bonds is 10. The van der Waals surface area contributed by atoms with Gasteiger partial charge >= 0.3 is 11.9 Å². The van der Waals surface area contributed by atoms with Crippen molar-refractivity contribution in [1.82, 2.24) is 15.5 Å².